The van der Waals surface area contributed by atoms with Crippen molar-refractivity contribution < 1.29 is 23.8 Å². The highest BCUT2D eigenvalue weighted by molar-refractivity contribution is 5.66. The molecule has 0 heterocycles. The fraction of sp³-hybridized carbons (Fsp3) is 0.300. The van der Waals surface area contributed by atoms with Gasteiger partial charge in [-0.3, -0.25) is 4.79 Å². The molecular weight excluding hydrogens is 220 g/mol. The first-order valence-corrected chi connectivity index (χ1v) is 4.57. The highest BCUT2D eigenvalue weighted by Gasteiger charge is 2.18. The molecule has 4 nitrogen and oxygen atoms in total. The third kappa shape index (κ3) is 2.66. The molecule has 0 aliphatic heterocycles. The quantitative estimate of drug-likeness (QED) is 0.733. The van der Waals surface area contributed by atoms with E-state index >= 15 is 0 Å². The van der Waals surface area contributed by atoms with Crippen LogP contribution in [0.15, 0.2) is 12.1 Å². The molecule has 0 saturated carbocycles. The van der Waals surface area contributed by atoms with Crippen LogP contribution in [-0.2, 0) is 4.79 Å². The van der Waals surface area contributed by atoms with E-state index in [4.69, 9.17) is 15.9 Å². The molecule has 1 aromatic rings. The van der Waals surface area contributed by atoms with Crippen molar-refractivity contribution in [3.8, 4) is 5.75 Å². The van der Waals surface area contributed by atoms with E-state index in [0.717, 1.165) is 12.1 Å². The molecule has 1 rings (SSSR count). The lowest BCUT2D eigenvalue weighted by molar-refractivity contribution is -0.137. The van der Waals surface area contributed by atoms with Crippen LogP contribution in [0.4, 0.5) is 8.78 Å². The zero-order valence-electron chi connectivity index (χ0n) is 8.28. The van der Waals surface area contributed by atoms with Gasteiger partial charge in [-0.15, -0.1) is 0 Å². The van der Waals surface area contributed by atoms with Gasteiger partial charge >= 0.3 is 5.97 Å². The van der Waals surface area contributed by atoms with Crippen molar-refractivity contribution in [2.24, 2.45) is 5.73 Å². The van der Waals surface area contributed by atoms with Crippen molar-refractivity contribution in [2.75, 3.05) is 0 Å². The second kappa shape index (κ2) is 4.89. The zero-order valence-corrected chi connectivity index (χ0v) is 8.28. The van der Waals surface area contributed by atoms with Crippen LogP contribution in [0.25, 0.3) is 0 Å². The van der Waals surface area contributed by atoms with Crippen molar-refractivity contribution in [2.45, 2.75) is 18.9 Å². The molecule has 0 bridgehead atoms. The fourth-order valence-electron chi connectivity index (χ4n) is 1.28. The summed E-state index contributed by atoms with van der Waals surface area (Å²) in [6.45, 7) is 0. The molecule has 6 heteroatoms. The van der Waals surface area contributed by atoms with Crippen LogP contribution in [-0.4, -0.2) is 16.2 Å². The normalized spacial score (nSPS) is 12.4. The summed E-state index contributed by atoms with van der Waals surface area (Å²) in [7, 11) is 0. The maximum absolute atomic E-state index is 13.3. The summed E-state index contributed by atoms with van der Waals surface area (Å²) in [5, 5.41) is 17.4. The Morgan fingerprint density at radius 3 is 2.62 bits per heavy atom. The van der Waals surface area contributed by atoms with E-state index in [2.05, 4.69) is 0 Å². The van der Waals surface area contributed by atoms with Crippen molar-refractivity contribution in [1.29, 1.82) is 0 Å². The molecule has 0 aliphatic rings. The van der Waals surface area contributed by atoms with Crippen molar-refractivity contribution >= 4 is 5.97 Å². The van der Waals surface area contributed by atoms with Gasteiger partial charge in [-0.1, -0.05) is 6.07 Å². The minimum absolute atomic E-state index is 0.0112. The highest BCUT2D eigenvalue weighted by atomic mass is 19.1. The predicted molar refractivity (Wildman–Crippen MR) is 51.8 cm³/mol. The molecule has 1 aromatic carbocycles. The number of phenols is 1. The lowest BCUT2D eigenvalue weighted by atomic mass is 10.0. The van der Waals surface area contributed by atoms with Gasteiger partial charge in [0.05, 0.1) is 0 Å². The Kier molecular flexibility index (Phi) is 3.78. The van der Waals surface area contributed by atoms with Crippen molar-refractivity contribution in [3.63, 3.8) is 0 Å². The number of benzene rings is 1. The van der Waals surface area contributed by atoms with Crippen LogP contribution in [0.1, 0.15) is 24.4 Å². The first kappa shape index (κ1) is 12.4. The SMILES string of the molecule is NC(CCC(=O)O)c1ccc(F)c(O)c1F. The summed E-state index contributed by atoms with van der Waals surface area (Å²) in [6.07, 6.45) is -0.212. The van der Waals surface area contributed by atoms with Gasteiger partial charge in [0.15, 0.2) is 17.4 Å². The van der Waals surface area contributed by atoms with Gasteiger partial charge in [-0.05, 0) is 12.5 Å². The molecule has 0 radical (unpaired) electrons. The molecule has 4 N–H and O–H groups in total. The number of aliphatic carboxylic acids is 1. The van der Waals surface area contributed by atoms with E-state index in [0.29, 0.717) is 0 Å². The van der Waals surface area contributed by atoms with Gasteiger partial charge in [0.25, 0.3) is 0 Å². The van der Waals surface area contributed by atoms with Crippen LogP contribution in [0.5, 0.6) is 5.75 Å². The van der Waals surface area contributed by atoms with Crippen LogP contribution >= 0.6 is 0 Å². The first-order chi connectivity index (χ1) is 7.43. The number of aromatic hydroxyl groups is 1. The number of hydrogen-bond donors (Lipinski definition) is 3. The number of carboxylic acid groups (broad SMARTS) is 1. The number of carbonyl (C=O) groups is 1. The zero-order chi connectivity index (χ0) is 12.3. The Labute approximate surface area is 90.3 Å². The summed E-state index contributed by atoms with van der Waals surface area (Å²) in [4.78, 5) is 10.3. The number of halogens is 2. The van der Waals surface area contributed by atoms with E-state index in [1.165, 1.54) is 0 Å². The molecule has 0 fully saturated rings. The molecule has 0 spiro atoms. The second-order valence-corrected chi connectivity index (χ2v) is 3.34. The van der Waals surface area contributed by atoms with E-state index in [-0.39, 0.29) is 18.4 Å². The van der Waals surface area contributed by atoms with Crippen molar-refractivity contribution in [3.05, 3.63) is 29.3 Å². The largest absolute Gasteiger partial charge is 0.503 e. The van der Waals surface area contributed by atoms with Gasteiger partial charge in [0, 0.05) is 18.0 Å². The standard InChI is InChI=1S/C10H11F2NO3/c11-6-2-1-5(9(12)10(6)16)7(13)3-4-8(14)15/h1-2,7,16H,3-4,13H2,(H,14,15). The highest BCUT2D eigenvalue weighted by Crippen LogP contribution is 2.27. The summed E-state index contributed by atoms with van der Waals surface area (Å²) in [5.41, 5.74) is 5.43. The molecule has 1 unspecified atom stereocenters. The lowest BCUT2D eigenvalue weighted by Gasteiger charge is -2.12. The molecule has 1 atom stereocenters. The second-order valence-electron chi connectivity index (χ2n) is 3.34. The average molecular weight is 231 g/mol. The molecule has 16 heavy (non-hydrogen) atoms. The summed E-state index contributed by atoms with van der Waals surface area (Å²) in [6, 6.07) is 1.09. The Hall–Kier alpha value is -1.69. The number of hydrogen-bond acceptors (Lipinski definition) is 3. The number of nitrogens with two attached hydrogens (primary N) is 1. The smallest absolute Gasteiger partial charge is 0.303 e. The first-order valence-electron chi connectivity index (χ1n) is 4.57. The number of carboxylic acids is 1. The van der Waals surface area contributed by atoms with Crippen LogP contribution in [0.2, 0.25) is 0 Å². The van der Waals surface area contributed by atoms with E-state index in [1.807, 2.05) is 0 Å². The average Bonchev–Trinajstić information content (AvgIpc) is 2.23. The summed E-state index contributed by atoms with van der Waals surface area (Å²) in [5.74, 6) is -4.37. The Balaban J connectivity index is 2.87. The molecule has 88 valence electrons. The Morgan fingerprint density at radius 1 is 1.44 bits per heavy atom. The van der Waals surface area contributed by atoms with Gasteiger partial charge in [0.1, 0.15) is 0 Å². The molecule has 0 amide bonds. The van der Waals surface area contributed by atoms with Gasteiger partial charge in [-0.25, -0.2) is 8.78 Å². The Bertz CT molecular complexity index is 409. The van der Waals surface area contributed by atoms with Crippen LogP contribution in [0.3, 0.4) is 0 Å². The van der Waals surface area contributed by atoms with Gasteiger partial charge in [0.2, 0.25) is 0 Å². The summed E-state index contributed by atoms with van der Waals surface area (Å²) < 4.78 is 26.0. The fourth-order valence-corrected chi connectivity index (χ4v) is 1.28. The van der Waals surface area contributed by atoms with Gasteiger partial charge in [-0.2, -0.15) is 0 Å². The molecular formula is C10H11F2NO3. The minimum Gasteiger partial charge on any atom is -0.503 e. The Morgan fingerprint density at radius 2 is 2.06 bits per heavy atom. The molecule has 0 aromatic heterocycles. The lowest BCUT2D eigenvalue weighted by Crippen LogP contribution is -2.14. The van der Waals surface area contributed by atoms with Crippen LogP contribution < -0.4 is 5.73 Å². The van der Waals surface area contributed by atoms with Gasteiger partial charge < -0.3 is 15.9 Å². The third-order valence-electron chi connectivity index (χ3n) is 2.17. The summed E-state index contributed by atoms with van der Waals surface area (Å²) >= 11 is 0. The predicted octanol–water partition coefficient (Wildman–Crippen LogP) is 1.53. The third-order valence-corrected chi connectivity index (χ3v) is 2.17. The maximum atomic E-state index is 13.3. The van der Waals surface area contributed by atoms with E-state index < -0.39 is 29.4 Å². The van der Waals surface area contributed by atoms with Crippen molar-refractivity contribution in [1.82, 2.24) is 0 Å². The van der Waals surface area contributed by atoms with E-state index in [1.54, 1.807) is 0 Å². The monoisotopic (exact) mass is 231 g/mol. The van der Waals surface area contributed by atoms with Crippen LogP contribution in [0, 0.1) is 11.6 Å². The topological polar surface area (TPSA) is 83.6 Å². The minimum atomic E-state index is -1.14. The number of rotatable bonds is 4. The molecule has 0 saturated heterocycles. The maximum Gasteiger partial charge on any atom is 0.303 e. The number of phenolic OH excluding ortho intramolecular Hbond substituents is 1. The van der Waals surface area contributed by atoms with E-state index in [9.17, 15) is 13.6 Å². The molecule has 0 aliphatic carbocycles.